The van der Waals surface area contributed by atoms with Crippen LogP contribution in [0.3, 0.4) is 0 Å². The zero-order chi connectivity index (χ0) is 26.6. The standard InChI is InChI=1S/C28H22ClN5O3S/c29-21-9-5-17(6-10-21)13-22(16-34-26(36)23-3-1-2-4-24(23)27(34)37)31-28(38)33-32-25(35)19-7-8-20-15-30-12-11-18(20)14-19/h1-12,14-15,22H,13,16H2,(H,32,35)(H2,31,33,38). The molecule has 5 rings (SSSR count). The van der Waals surface area contributed by atoms with E-state index in [0.717, 1.165) is 16.3 Å². The lowest BCUT2D eigenvalue weighted by molar-refractivity contribution is 0.0641. The van der Waals surface area contributed by atoms with E-state index in [4.69, 9.17) is 23.8 Å². The Morgan fingerprint density at radius 2 is 1.63 bits per heavy atom. The number of benzene rings is 3. The molecular formula is C28H22ClN5O3S. The number of hydrogen-bond acceptors (Lipinski definition) is 5. The van der Waals surface area contributed by atoms with Crippen LogP contribution in [0.15, 0.2) is 85.2 Å². The third kappa shape index (κ3) is 5.49. The first-order chi connectivity index (χ1) is 18.4. The predicted molar refractivity (Wildman–Crippen MR) is 149 cm³/mol. The van der Waals surface area contributed by atoms with Crippen LogP contribution in [0.2, 0.25) is 5.02 Å². The van der Waals surface area contributed by atoms with Gasteiger partial charge in [0.15, 0.2) is 5.11 Å². The largest absolute Gasteiger partial charge is 0.356 e. The Hall–Kier alpha value is -4.34. The number of hydrogen-bond donors (Lipinski definition) is 3. The van der Waals surface area contributed by atoms with Gasteiger partial charge in [0.25, 0.3) is 17.7 Å². The zero-order valence-electron chi connectivity index (χ0n) is 20.0. The summed E-state index contributed by atoms with van der Waals surface area (Å²) in [4.78, 5) is 43.9. The number of halogens is 1. The van der Waals surface area contributed by atoms with Crippen LogP contribution in [-0.2, 0) is 6.42 Å². The number of pyridine rings is 1. The van der Waals surface area contributed by atoms with Gasteiger partial charge in [0, 0.05) is 34.9 Å². The highest BCUT2D eigenvalue weighted by atomic mass is 35.5. The topological polar surface area (TPSA) is 103 Å². The molecule has 38 heavy (non-hydrogen) atoms. The first kappa shape index (κ1) is 25.3. The molecule has 1 aromatic heterocycles. The highest BCUT2D eigenvalue weighted by Gasteiger charge is 2.36. The summed E-state index contributed by atoms with van der Waals surface area (Å²) in [7, 11) is 0. The first-order valence-electron chi connectivity index (χ1n) is 11.8. The number of fused-ring (bicyclic) bond motifs is 2. The molecule has 0 spiro atoms. The number of amides is 3. The average molecular weight is 544 g/mol. The summed E-state index contributed by atoms with van der Waals surface area (Å²) in [6.45, 7) is 0.0729. The maximum absolute atomic E-state index is 12.9. The molecule has 3 N–H and O–H groups in total. The fraction of sp³-hybridized carbons (Fsp3) is 0.107. The van der Waals surface area contributed by atoms with Crippen LogP contribution in [0.5, 0.6) is 0 Å². The number of thiocarbonyl (C=S) groups is 1. The molecule has 1 unspecified atom stereocenters. The van der Waals surface area contributed by atoms with Crippen molar-refractivity contribution < 1.29 is 14.4 Å². The molecule has 0 saturated heterocycles. The van der Waals surface area contributed by atoms with Crippen LogP contribution in [0.4, 0.5) is 0 Å². The lowest BCUT2D eigenvalue weighted by Crippen LogP contribution is -2.53. The number of nitrogens with one attached hydrogen (secondary N) is 3. The van der Waals surface area contributed by atoms with Crippen LogP contribution in [0.1, 0.15) is 36.6 Å². The van der Waals surface area contributed by atoms with Gasteiger partial charge in [-0.05, 0) is 72.1 Å². The molecule has 1 aliphatic heterocycles. The summed E-state index contributed by atoms with van der Waals surface area (Å²) in [5, 5.41) is 5.68. The molecule has 0 fully saturated rings. The van der Waals surface area contributed by atoms with Gasteiger partial charge in [-0.3, -0.25) is 35.1 Å². The van der Waals surface area contributed by atoms with Crippen LogP contribution in [-0.4, -0.2) is 45.3 Å². The van der Waals surface area contributed by atoms with E-state index in [-0.39, 0.29) is 29.4 Å². The number of hydrazine groups is 1. The van der Waals surface area contributed by atoms with E-state index in [9.17, 15) is 14.4 Å². The molecule has 0 saturated carbocycles. The van der Waals surface area contributed by atoms with E-state index < -0.39 is 6.04 Å². The van der Waals surface area contributed by atoms with E-state index in [1.165, 1.54) is 4.90 Å². The number of aromatic nitrogens is 1. The SMILES string of the molecule is O=C(NNC(=S)NC(Cc1ccc(Cl)cc1)CN1C(=O)c2ccccc2C1=O)c1ccc2cnccc2c1. The van der Waals surface area contributed by atoms with Crippen molar-refractivity contribution in [3.05, 3.63) is 112 Å². The molecule has 1 aliphatic rings. The minimum Gasteiger partial charge on any atom is -0.356 e. The van der Waals surface area contributed by atoms with Crippen LogP contribution < -0.4 is 16.2 Å². The van der Waals surface area contributed by atoms with Crippen LogP contribution >= 0.6 is 23.8 Å². The van der Waals surface area contributed by atoms with Crippen molar-refractivity contribution in [2.75, 3.05) is 6.54 Å². The number of rotatable bonds is 6. The summed E-state index contributed by atoms with van der Waals surface area (Å²) >= 11 is 11.5. The molecule has 8 nitrogen and oxygen atoms in total. The minimum absolute atomic E-state index is 0.0729. The van der Waals surface area contributed by atoms with Crippen molar-refractivity contribution in [1.29, 1.82) is 0 Å². The monoisotopic (exact) mass is 543 g/mol. The summed E-state index contributed by atoms with van der Waals surface area (Å²) in [5.41, 5.74) is 7.44. The van der Waals surface area contributed by atoms with Gasteiger partial charge >= 0.3 is 0 Å². The van der Waals surface area contributed by atoms with Gasteiger partial charge in [0.05, 0.1) is 17.2 Å². The smallest absolute Gasteiger partial charge is 0.269 e. The van der Waals surface area contributed by atoms with Gasteiger partial charge in [0.2, 0.25) is 0 Å². The van der Waals surface area contributed by atoms with E-state index in [1.807, 2.05) is 24.3 Å². The second-order valence-electron chi connectivity index (χ2n) is 8.78. The van der Waals surface area contributed by atoms with E-state index in [0.29, 0.717) is 28.1 Å². The lowest BCUT2D eigenvalue weighted by atomic mass is 10.1. The van der Waals surface area contributed by atoms with Crippen molar-refractivity contribution >= 4 is 57.4 Å². The Labute approximate surface area is 229 Å². The molecular weight excluding hydrogens is 522 g/mol. The zero-order valence-corrected chi connectivity index (χ0v) is 21.6. The van der Waals surface area contributed by atoms with E-state index in [1.54, 1.807) is 60.9 Å². The van der Waals surface area contributed by atoms with Crippen molar-refractivity contribution in [3.63, 3.8) is 0 Å². The summed E-state index contributed by atoms with van der Waals surface area (Å²) in [6, 6.07) is 20.7. The second-order valence-corrected chi connectivity index (χ2v) is 9.63. The Bertz CT molecular complexity index is 1520. The predicted octanol–water partition coefficient (Wildman–Crippen LogP) is 3.90. The van der Waals surface area contributed by atoms with Crippen LogP contribution in [0, 0.1) is 0 Å². The number of nitrogens with zero attached hydrogens (tertiary/aromatic N) is 2. The minimum atomic E-state index is -0.441. The molecule has 190 valence electrons. The number of carbonyl (C=O) groups excluding carboxylic acids is 3. The first-order valence-corrected chi connectivity index (χ1v) is 12.6. The quantitative estimate of drug-likeness (QED) is 0.192. The van der Waals surface area contributed by atoms with Gasteiger partial charge in [-0.25, -0.2) is 0 Å². The average Bonchev–Trinajstić information content (AvgIpc) is 3.17. The molecule has 10 heteroatoms. The van der Waals surface area contributed by atoms with Crippen molar-refractivity contribution in [1.82, 2.24) is 26.1 Å². The van der Waals surface area contributed by atoms with E-state index in [2.05, 4.69) is 21.2 Å². The van der Waals surface area contributed by atoms with Gasteiger partial charge in [-0.15, -0.1) is 0 Å². The summed E-state index contributed by atoms with van der Waals surface area (Å²) < 4.78 is 0. The van der Waals surface area contributed by atoms with Crippen molar-refractivity contribution in [2.24, 2.45) is 0 Å². The Balaban J connectivity index is 1.27. The molecule has 3 amide bonds. The second kappa shape index (κ2) is 11.0. The van der Waals surface area contributed by atoms with Gasteiger partial charge in [-0.2, -0.15) is 0 Å². The molecule has 0 aliphatic carbocycles. The third-order valence-corrected chi connectivity index (χ3v) is 6.68. The lowest BCUT2D eigenvalue weighted by Gasteiger charge is -2.25. The highest BCUT2D eigenvalue weighted by Crippen LogP contribution is 2.23. The van der Waals surface area contributed by atoms with Crippen LogP contribution in [0.25, 0.3) is 10.8 Å². The third-order valence-electron chi connectivity index (χ3n) is 6.20. The maximum Gasteiger partial charge on any atom is 0.269 e. The Morgan fingerprint density at radius 1 is 0.921 bits per heavy atom. The summed E-state index contributed by atoms with van der Waals surface area (Å²) in [5.74, 6) is -1.08. The molecule has 3 aromatic carbocycles. The number of carbonyl (C=O) groups is 3. The number of imide groups is 1. The molecule has 0 bridgehead atoms. The van der Waals surface area contributed by atoms with Crippen molar-refractivity contribution in [2.45, 2.75) is 12.5 Å². The van der Waals surface area contributed by atoms with Gasteiger partial charge in [0.1, 0.15) is 0 Å². The molecule has 1 atom stereocenters. The summed E-state index contributed by atoms with van der Waals surface area (Å²) in [6.07, 6.45) is 3.83. The van der Waals surface area contributed by atoms with Gasteiger partial charge < -0.3 is 5.32 Å². The van der Waals surface area contributed by atoms with E-state index >= 15 is 0 Å². The highest BCUT2D eigenvalue weighted by molar-refractivity contribution is 7.80. The molecule has 2 heterocycles. The maximum atomic E-state index is 12.9. The fourth-order valence-corrected chi connectivity index (χ4v) is 4.67. The fourth-order valence-electron chi connectivity index (χ4n) is 4.32. The van der Waals surface area contributed by atoms with Gasteiger partial charge in [-0.1, -0.05) is 41.9 Å². The van der Waals surface area contributed by atoms with Crippen molar-refractivity contribution in [3.8, 4) is 0 Å². The molecule has 4 aromatic rings. The normalized spacial score (nSPS) is 13.2. The Morgan fingerprint density at radius 3 is 2.34 bits per heavy atom. The molecule has 0 radical (unpaired) electrons. The Kier molecular flexibility index (Phi) is 7.30.